The molecule has 1 N–H and O–H groups in total. The summed E-state index contributed by atoms with van der Waals surface area (Å²) < 4.78 is -0.281. The van der Waals surface area contributed by atoms with Crippen LogP contribution in [0.2, 0.25) is 5.02 Å². The molecule has 174 valence electrons. The summed E-state index contributed by atoms with van der Waals surface area (Å²) in [5, 5.41) is 4.40. The molecule has 4 rings (SSSR count). The SMILES string of the molecule is CN(C)c1ccc(CNCCSC(c2ccccc2)(c2ccccc2)c2ccccc2)c(Cl)c1. The van der Waals surface area contributed by atoms with Crippen molar-refractivity contribution in [3.8, 4) is 0 Å². The van der Waals surface area contributed by atoms with Gasteiger partial charge in [0.25, 0.3) is 0 Å². The predicted molar refractivity (Wildman–Crippen MR) is 149 cm³/mol. The fourth-order valence-electron chi connectivity index (χ4n) is 4.23. The second-order valence-electron chi connectivity index (χ2n) is 8.47. The third-order valence-electron chi connectivity index (χ3n) is 6.01. The van der Waals surface area contributed by atoms with Crippen LogP contribution in [0.25, 0.3) is 0 Å². The van der Waals surface area contributed by atoms with Crippen molar-refractivity contribution in [1.82, 2.24) is 5.32 Å². The van der Waals surface area contributed by atoms with E-state index in [4.69, 9.17) is 11.6 Å². The minimum absolute atomic E-state index is 0.281. The molecule has 0 heterocycles. The van der Waals surface area contributed by atoms with Crippen LogP contribution in [0.5, 0.6) is 0 Å². The van der Waals surface area contributed by atoms with Crippen LogP contribution in [0.15, 0.2) is 109 Å². The van der Waals surface area contributed by atoms with Crippen LogP contribution in [0.4, 0.5) is 5.69 Å². The monoisotopic (exact) mass is 486 g/mol. The van der Waals surface area contributed by atoms with E-state index in [1.165, 1.54) is 16.7 Å². The van der Waals surface area contributed by atoms with Crippen molar-refractivity contribution in [3.05, 3.63) is 136 Å². The molecule has 0 saturated heterocycles. The van der Waals surface area contributed by atoms with Crippen molar-refractivity contribution in [2.24, 2.45) is 0 Å². The van der Waals surface area contributed by atoms with E-state index in [-0.39, 0.29) is 4.75 Å². The third-order valence-corrected chi connectivity index (χ3v) is 7.91. The lowest BCUT2D eigenvalue weighted by molar-refractivity contribution is 0.729. The zero-order valence-corrected chi connectivity index (χ0v) is 21.3. The van der Waals surface area contributed by atoms with Gasteiger partial charge in [-0.15, -0.1) is 11.8 Å². The third kappa shape index (κ3) is 5.50. The van der Waals surface area contributed by atoms with Crippen LogP contribution in [0, 0.1) is 0 Å². The standard InChI is InChI=1S/C30H31ClN2S/c1-33(2)28-19-18-24(29(31)22-28)23-32-20-21-34-30(25-12-6-3-7-13-25,26-14-8-4-9-15-26)27-16-10-5-11-17-27/h3-19,22,32H,20-21,23H2,1-2H3. The van der Waals surface area contributed by atoms with Gasteiger partial charge in [-0.05, 0) is 34.4 Å². The molecule has 0 aliphatic carbocycles. The number of anilines is 1. The average Bonchev–Trinajstić information content (AvgIpc) is 2.88. The Bertz CT molecular complexity index is 1070. The maximum absolute atomic E-state index is 6.53. The van der Waals surface area contributed by atoms with Crippen LogP contribution in [0.1, 0.15) is 22.3 Å². The molecule has 0 spiro atoms. The molecule has 0 unspecified atom stereocenters. The Morgan fingerprint density at radius 1 is 0.735 bits per heavy atom. The Morgan fingerprint density at radius 2 is 1.24 bits per heavy atom. The van der Waals surface area contributed by atoms with E-state index >= 15 is 0 Å². The first-order chi connectivity index (χ1) is 16.6. The molecule has 0 aliphatic heterocycles. The molecule has 4 heteroatoms. The van der Waals surface area contributed by atoms with Gasteiger partial charge in [0.2, 0.25) is 0 Å². The summed E-state index contributed by atoms with van der Waals surface area (Å²) in [6.45, 7) is 1.63. The van der Waals surface area contributed by atoms with Crippen molar-refractivity contribution < 1.29 is 0 Å². The van der Waals surface area contributed by atoms with Gasteiger partial charge in [0.15, 0.2) is 0 Å². The average molecular weight is 487 g/mol. The maximum atomic E-state index is 6.53. The van der Waals surface area contributed by atoms with Gasteiger partial charge < -0.3 is 10.2 Å². The fourth-order valence-corrected chi connectivity index (χ4v) is 5.93. The first-order valence-electron chi connectivity index (χ1n) is 11.6. The Kier molecular flexibility index (Phi) is 8.34. The van der Waals surface area contributed by atoms with Crippen LogP contribution in [-0.2, 0) is 11.3 Å². The largest absolute Gasteiger partial charge is 0.378 e. The van der Waals surface area contributed by atoms with Gasteiger partial charge in [0.1, 0.15) is 0 Å². The van der Waals surface area contributed by atoms with E-state index in [1.54, 1.807) is 0 Å². The number of halogens is 1. The van der Waals surface area contributed by atoms with Crippen LogP contribution in [0.3, 0.4) is 0 Å². The number of nitrogens with zero attached hydrogens (tertiary/aromatic N) is 1. The van der Waals surface area contributed by atoms with E-state index in [0.717, 1.165) is 35.1 Å². The van der Waals surface area contributed by atoms with Crippen LogP contribution in [-0.4, -0.2) is 26.4 Å². The van der Waals surface area contributed by atoms with Gasteiger partial charge >= 0.3 is 0 Å². The van der Waals surface area contributed by atoms with Gasteiger partial charge in [-0.2, -0.15) is 0 Å². The molecule has 2 nitrogen and oxygen atoms in total. The van der Waals surface area contributed by atoms with Gasteiger partial charge in [-0.25, -0.2) is 0 Å². The minimum atomic E-state index is -0.281. The number of hydrogen-bond acceptors (Lipinski definition) is 3. The van der Waals surface area contributed by atoms with Crippen molar-refractivity contribution in [2.45, 2.75) is 11.3 Å². The number of nitrogens with one attached hydrogen (secondary N) is 1. The van der Waals surface area contributed by atoms with E-state index < -0.39 is 0 Å². The molecule has 0 fully saturated rings. The van der Waals surface area contributed by atoms with Gasteiger partial charge in [0, 0.05) is 43.6 Å². The Morgan fingerprint density at radius 3 is 1.68 bits per heavy atom. The summed E-state index contributed by atoms with van der Waals surface area (Å²) in [5.74, 6) is 0.950. The summed E-state index contributed by atoms with van der Waals surface area (Å²) in [6.07, 6.45) is 0. The number of hydrogen-bond donors (Lipinski definition) is 1. The maximum Gasteiger partial charge on any atom is 0.0907 e. The first-order valence-corrected chi connectivity index (χ1v) is 12.9. The highest BCUT2D eigenvalue weighted by atomic mass is 35.5. The zero-order chi connectivity index (χ0) is 23.8. The number of thioether (sulfide) groups is 1. The Balaban J connectivity index is 1.54. The number of benzene rings is 4. The zero-order valence-electron chi connectivity index (χ0n) is 19.7. The van der Waals surface area contributed by atoms with E-state index in [0.29, 0.717) is 0 Å². The molecule has 0 bridgehead atoms. The number of rotatable bonds is 10. The molecular formula is C30H31ClN2S. The highest BCUT2D eigenvalue weighted by molar-refractivity contribution is 8.00. The van der Waals surface area contributed by atoms with E-state index in [9.17, 15) is 0 Å². The Hall–Kier alpha value is -2.72. The normalized spacial score (nSPS) is 11.4. The van der Waals surface area contributed by atoms with Crippen molar-refractivity contribution in [3.63, 3.8) is 0 Å². The van der Waals surface area contributed by atoms with Crippen molar-refractivity contribution in [2.75, 3.05) is 31.3 Å². The van der Waals surface area contributed by atoms with E-state index in [2.05, 4.69) is 113 Å². The molecular weight excluding hydrogens is 456 g/mol. The molecule has 34 heavy (non-hydrogen) atoms. The molecule has 0 aromatic heterocycles. The van der Waals surface area contributed by atoms with Crippen LogP contribution < -0.4 is 10.2 Å². The topological polar surface area (TPSA) is 15.3 Å². The molecule has 0 atom stereocenters. The lowest BCUT2D eigenvalue weighted by atomic mass is 9.84. The quantitative estimate of drug-likeness (QED) is 0.188. The first kappa shape index (κ1) is 24.4. The second kappa shape index (κ2) is 11.6. The molecule has 4 aromatic rings. The summed E-state index contributed by atoms with van der Waals surface area (Å²) in [5.41, 5.74) is 6.11. The highest BCUT2D eigenvalue weighted by Gasteiger charge is 2.36. The van der Waals surface area contributed by atoms with Gasteiger partial charge in [0.05, 0.1) is 4.75 Å². The van der Waals surface area contributed by atoms with Crippen molar-refractivity contribution in [1.29, 1.82) is 0 Å². The summed E-state index contributed by atoms with van der Waals surface area (Å²) in [4.78, 5) is 2.07. The van der Waals surface area contributed by atoms with Crippen molar-refractivity contribution >= 4 is 29.1 Å². The fraction of sp³-hybridized carbons (Fsp3) is 0.200. The molecule has 0 saturated carbocycles. The van der Waals surface area contributed by atoms with Gasteiger partial charge in [-0.3, -0.25) is 0 Å². The lowest BCUT2D eigenvalue weighted by Gasteiger charge is -2.35. The summed E-state index contributed by atoms with van der Waals surface area (Å²) >= 11 is 8.50. The lowest BCUT2D eigenvalue weighted by Crippen LogP contribution is -2.28. The molecule has 0 aliphatic rings. The highest BCUT2D eigenvalue weighted by Crippen LogP contribution is 2.48. The molecule has 0 radical (unpaired) electrons. The predicted octanol–water partition coefficient (Wildman–Crippen LogP) is 7.22. The van der Waals surface area contributed by atoms with E-state index in [1.807, 2.05) is 31.9 Å². The smallest absolute Gasteiger partial charge is 0.0907 e. The van der Waals surface area contributed by atoms with Crippen LogP contribution >= 0.6 is 23.4 Å². The van der Waals surface area contributed by atoms with Gasteiger partial charge in [-0.1, -0.05) is 109 Å². The Labute approximate surface area is 213 Å². The summed E-state index contributed by atoms with van der Waals surface area (Å²) in [7, 11) is 4.05. The summed E-state index contributed by atoms with van der Waals surface area (Å²) in [6, 6.07) is 38.8. The molecule has 4 aromatic carbocycles. The second-order valence-corrected chi connectivity index (χ2v) is 10.2. The minimum Gasteiger partial charge on any atom is -0.378 e. The molecule has 0 amide bonds.